The molecule has 0 radical (unpaired) electrons. The predicted octanol–water partition coefficient (Wildman–Crippen LogP) is 12.3. The number of rotatable bonds is 0. The van der Waals surface area contributed by atoms with Crippen molar-refractivity contribution in [1.29, 1.82) is 0 Å². The van der Waals surface area contributed by atoms with Crippen LogP contribution in [0.5, 0.6) is 0 Å². The van der Waals surface area contributed by atoms with Crippen molar-refractivity contribution in [3.8, 4) is 0 Å². The van der Waals surface area contributed by atoms with E-state index in [0.717, 1.165) is 59.5 Å². The fourth-order valence-electron chi connectivity index (χ4n) is 6.94. The van der Waals surface area contributed by atoms with Gasteiger partial charge in [0.05, 0.1) is 5.02 Å². The topological polar surface area (TPSA) is 0 Å². The summed E-state index contributed by atoms with van der Waals surface area (Å²) in [7, 11) is 9.87. The van der Waals surface area contributed by atoms with E-state index in [1.165, 1.54) is 24.5 Å². The van der Waals surface area contributed by atoms with E-state index in [0.29, 0.717) is 23.3 Å². The third-order valence-electron chi connectivity index (χ3n) is 9.68. The minimum absolute atomic E-state index is 0. The summed E-state index contributed by atoms with van der Waals surface area (Å²) in [6.45, 7) is 16.3. The third kappa shape index (κ3) is 11.1. The normalized spacial score (nSPS) is 35.5. The Bertz CT molecular complexity index is 850. The Hall–Kier alpha value is 0.863. The molecular formula is C32H50Cl4F2Zr. The van der Waals surface area contributed by atoms with E-state index in [1.54, 1.807) is 6.07 Å². The summed E-state index contributed by atoms with van der Waals surface area (Å²) < 4.78 is 26.0. The van der Waals surface area contributed by atoms with Gasteiger partial charge >= 0.3 is 37.9 Å². The molecule has 5 unspecified atom stereocenters. The van der Waals surface area contributed by atoms with E-state index >= 15 is 0 Å². The fraction of sp³-hybridized carbons (Fsp3) is 0.688. The van der Waals surface area contributed by atoms with Gasteiger partial charge in [-0.05, 0) is 110 Å². The van der Waals surface area contributed by atoms with Gasteiger partial charge in [-0.15, -0.1) is 11.6 Å². The zero-order chi connectivity index (χ0) is 28.0. The molecule has 5 rings (SSSR count). The standard InChI is InChI=1S/C10H16ClF.C10H8ClF.C10H20.2CH3.2ClH.Zr/c2*1-6-2-7-4-8(12)5-10(11)9(7)3-6;1-6-7(2)9(4)10(5)8(6)3;;;;;/h6-10H,2-5H2,1H3;3-5H,2H2,1H3;6-10H,1-5H3;2*1H3;2*1H;/q;;;2*-1;;;+4/p-2. The Balaban J connectivity index is 0.000000518. The first-order chi connectivity index (χ1) is 17.3. The van der Waals surface area contributed by atoms with E-state index in [-0.39, 0.29) is 26.0 Å². The monoisotopic (exact) mass is 702 g/mol. The molecule has 0 heterocycles. The molecule has 7 heteroatoms. The quantitative estimate of drug-likeness (QED) is 0.186. The molecule has 3 saturated carbocycles. The van der Waals surface area contributed by atoms with Gasteiger partial charge < -0.3 is 14.9 Å². The average molecular weight is 706 g/mol. The summed E-state index contributed by atoms with van der Waals surface area (Å²) in [4.78, 5) is 0. The van der Waals surface area contributed by atoms with Crippen LogP contribution in [0.3, 0.4) is 0 Å². The molecule has 5 atom stereocenters. The number of fused-ring (bicyclic) bond motifs is 2. The summed E-state index contributed by atoms with van der Waals surface area (Å²) in [5.74, 6) is 6.41. The van der Waals surface area contributed by atoms with Gasteiger partial charge in [0.2, 0.25) is 0 Å². The van der Waals surface area contributed by atoms with Gasteiger partial charge in [0.1, 0.15) is 12.0 Å². The van der Waals surface area contributed by atoms with E-state index < -0.39 is 27.0 Å². The Morgan fingerprint density at radius 3 is 1.79 bits per heavy atom. The van der Waals surface area contributed by atoms with E-state index in [2.05, 4.69) is 41.5 Å². The van der Waals surface area contributed by atoms with E-state index in [9.17, 15) is 8.78 Å². The summed E-state index contributed by atoms with van der Waals surface area (Å²) >= 11 is 11.2. The first kappa shape index (κ1) is 39.9. The van der Waals surface area contributed by atoms with Crippen molar-refractivity contribution in [1.82, 2.24) is 0 Å². The van der Waals surface area contributed by atoms with Crippen molar-refractivity contribution < 1.29 is 29.6 Å². The predicted molar refractivity (Wildman–Crippen MR) is 168 cm³/mol. The molecule has 0 amide bonds. The van der Waals surface area contributed by atoms with Crippen molar-refractivity contribution >= 4 is 46.3 Å². The van der Waals surface area contributed by atoms with Gasteiger partial charge in [0, 0.05) is 5.38 Å². The number of hydrogen-bond acceptors (Lipinski definition) is 0. The minimum atomic E-state index is -0.826. The van der Waals surface area contributed by atoms with Gasteiger partial charge in [0.25, 0.3) is 0 Å². The summed E-state index contributed by atoms with van der Waals surface area (Å²) in [5, 5.41) is 0.630. The first-order valence-corrected chi connectivity index (χ1v) is 20.8. The van der Waals surface area contributed by atoms with Crippen LogP contribution in [0, 0.1) is 68.0 Å². The van der Waals surface area contributed by atoms with Crippen LogP contribution in [0.2, 0.25) is 5.02 Å². The van der Waals surface area contributed by atoms with Crippen molar-refractivity contribution in [3.63, 3.8) is 0 Å². The molecule has 0 aliphatic heterocycles. The van der Waals surface area contributed by atoms with Crippen molar-refractivity contribution in [2.24, 2.45) is 47.3 Å². The second-order valence-electron chi connectivity index (χ2n) is 12.1. The Morgan fingerprint density at radius 1 is 0.821 bits per heavy atom. The molecule has 4 aliphatic rings. The first-order valence-electron chi connectivity index (χ1n) is 13.7. The molecule has 0 saturated heterocycles. The Labute approximate surface area is 268 Å². The maximum atomic E-state index is 13.1. The Kier molecular flexibility index (Phi) is 18.9. The van der Waals surface area contributed by atoms with E-state index in [1.807, 2.05) is 13.0 Å². The maximum absolute atomic E-state index is 13.1. The van der Waals surface area contributed by atoms with Crippen LogP contribution in [-0.4, -0.2) is 11.5 Å². The summed E-state index contributed by atoms with van der Waals surface area (Å²) in [5.41, 5.74) is 3.21. The molecule has 0 aromatic heterocycles. The molecule has 224 valence electrons. The van der Waals surface area contributed by atoms with Crippen molar-refractivity contribution in [2.75, 3.05) is 0 Å². The van der Waals surface area contributed by atoms with Gasteiger partial charge in [0.15, 0.2) is 0 Å². The van der Waals surface area contributed by atoms with Gasteiger partial charge in [-0.1, -0.05) is 64.8 Å². The van der Waals surface area contributed by atoms with Crippen LogP contribution < -0.4 is 0 Å². The SMILES string of the molecule is CC1=Cc2c(Cl)cc(F)cc2C1.CC1C(C)C(C)C(C)C1C.CC1CC2CC(F)CC(Cl)C2C1.[CH3-].[CH3-].[Cl][Zr+2][Cl]. The van der Waals surface area contributed by atoms with Gasteiger partial charge in [-0.3, -0.25) is 0 Å². The molecule has 0 nitrogen and oxygen atoms in total. The zero-order valence-corrected chi connectivity index (χ0v) is 30.8. The molecule has 1 aromatic carbocycles. The van der Waals surface area contributed by atoms with Crippen LogP contribution in [0.4, 0.5) is 8.78 Å². The van der Waals surface area contributed by atoms with Crippen LogP contribution in [0.1, 0.15) is 85.3 Å². The molecule has 0 spiro atoms. The molecule has 3 fully saturated rings. The number of halogens is 6. The van der Waals surface area contributed by atoms with Crippen molar-refractivity contribution in [3.05, 3.63) is 54.5 Å². The number of alkyl halides is 2. The van der Waals surface area contributed by atoms with Crippen LogP contribution >= 0.6 is 40.2 Å². The molecule has 0 N–H and O–H groups in total. The van der Waals surface area contributed by atoms with Gasteiger partial charge in [-0.2, -0.15) is 0 Å². The molecular weight excluding hydrogens is 655 g/mol. The Morgan fingerprint density at radius 2 is 1.31 bits per heavy atom. The van der Waals surface area contributed by atoms with E-state index in [4.69, 9.17) is 40.2 Å². The third-order valence-corrected chi connectivity index (χ3v) is 10.5. The molecule has 1 aromatic rings. The van der Waals surface area contributed by atoms with Crippen molar-refractivity contribution in [2.45, 2.75) is 92.1 Å². The number of allylic oxidation sites excluding steroid dienone is 1. The summed E-state index contributed by atoms with van der Waals surface area (Å²) in [6.07, 6.45) is 6.01. The molecule has 0 bridgehead atoms. The molecule has 39 heavy (non-hydrogen) atoms. The van der Waals surface area contributed by atoms with Gasteiger partial charge in [-0.25, -0.2) is 8.78 Å². The zero-order valence-electron chi connectivity index (χ0n) is 25.3. The second kappa shape index (κ2) is 18.5. The second-order valence-corrected chi connectivity index (χ2v) is 16.8. The van der Waals surface area contributed by atoms with Crippen LogP contribution in [0.25, 0.3) is 6.08 Å². The van der Waals surface area contributed by atoms with Crippen LogP contribution in [-0.2, 0) is 27.3 Å². The fourth-order valence-corrected chi connectivity index (χ4v) is 7.72. The number of hydrogen-bond donors (Lipinski definition) is 0. The van der Waals surface area contributed by atoms with Crippen LogP contribution in [0.15, 0.2) is 17.7 Å². The molecule has 4 aliphatic carbocycles. The number of benzene rings is 1. The average Bonchev–Trinajstić information content (AvgIpc) is 3.43. The summed E-state index contributed by atoms with van der Waals surface area (Å²) in [6, 6.07) is 2.91.